The van der Waals surface area contributed by atoms with E-state index in [0.29, 0.717) is 18.1 Å². The quantitative estimate of drug-likeness (QED) is 0.847. The van der Waals surface area contributed by atoms with Crippen LogP contribution in [0, 0.1) is 11.3 Å². The second-order valence-corrected chi connectivity index (χ2v) is 7.76. The highest BCUT2D eigenvalue weighted by Gasteiger charge is 2.40. The van der Waals surface area contributed by atoms with Crippen LogP contribution in [0.4, 0.5) is 4.79 Å². The third kappa shape index (κ3) is 5.49. The van der Waals surface area contributed by atoms with Gasteiger partial charge in [-0.25, -0.2) is 4.79 Å². The third-order valence-electron chi connectivity index (χ3n) is 4.29. The van der Waals surface area contributed by atoms with Crippen LogP contribution in [-0.2, 0) is 11.3 Å². The number of amides is 1. The zero-order chi connectivity index (χ0) is 19.4. The molecule has 3 rings (SSSR count). The third-order valence-corrected chi connectivity index (χ3v) is 4.29. The van der Waals surface area contributed by atoms with Gasteiger partial charge in [-0.1, -0.05) is 24.3 Å². The maximum atomic E-state index is 11.8. The summed E-state index contributed by atoms with van der Waals surface area (Å²) in [7, 11) is 0. The molecule has 2 aromatic carbocycles. The van der Waals surface area contributed by atoms with Gasteiger partial charge in [-0.05, 0) is 62.6 Å². The van der Waals surface area contributed by atoms with E-state index in [1.165, 1.54) is 5.56 Å². The number of nitriles is 1. The fourth-order valence-electron chi connectivity index (χ4n) is 2.84. The summed E-state index contributed by atoms with van der Waals surface area (Å²) in [6.45, 7) is 6.02. The van der Waals surface area contributed by atoms with Gasteiger partial charge in [0.25, 0.3) is 0 Å². The molecule has 5 nitrogen and oxygen atoms in total. The molecule has 0 bridgehead atoms. The minimum Gasteiger partial charge on any atom is -0.489 e. The Balaban J connectivity index is 1.48. The van der Waals surface area contributed by atoms with E-state index in [4.69, 9.17) is 14.7 Å². The number of carbonyl (C=O) groups is 1. The van der Waals surface area contributed by atoms with E-state index >= 15 is 0 Å². The number of ether oxygens (including phenoxy) is 2. The van der Waals surface area contributed by atoms with Crippen molar-refractivity contribution < 1.29 is 14.3 Å². The average molecular weight is 364 g/mol. The van der Waals surface area contributed by atoms with Gasteiger partial charge in [0.1, 0.15) is 18.0 Å². The lowest BCUT2D eigenvalue weighted by Gasteiger charge is -2.19. The van der Waals surface area contributed by atoms with Gasteiger partial charge >= 0.3 is 6.09 Å². The predicted octanol–water partition coefficient (Wildman–Crippen LogP) is 4.52. The first-order chi connectivity index (χ1) is 12.8. The molecule has 0 unspecified atom stereocenters. The van der Waals surface area contributed by atoms with Crippen molar-refractivity contribution in [2.75, 3.05) is 0 Å². The minimum absolute atomic E-state index is 0.130. The van der Waals surface area contributed by atoms with Crippen LogP contribution in [-0.4, -0.2) is 17.7 Å². The zero-order valence-corrected chi connectivity index (χ0v) is 15.9. The SMILES string of the molecule is CC(C)(C)OC(=O)N[C@@H]1C[C@H]1c1ccc(OCc2ccc(C#N)cc2)cc1. The van der Waals surface area contributed by atoms with Crippen LogP contribution in [0.1, 0.15) is 49.8 Å². The Morgan fingerprint density at radius 3 is 2.41 bits per heavy atom. The molecule has 2 atom stereocenters. The average Bonchev–Trinajstić information content (AvgIpc) is 3.38. The van der Waals surface area contributed by atoms with Gasteiger partial charge in [0.2, 0.25) is 0 Å². The lowest BCUT2D eigenvalue weighted by Crippen LogP contribution is -2.34. The highest BCUT2D eigenvalue weighted by Crippen LogP contribution is 2.41. The fraction of sp³-hybridized carbons (Fsp3) is 0.364. The molecule has 1 aliphatic carbocycles. The van der Waals surface area contributed by atoms with Crippen molar-refractivity contribution in [2.24, 2.45) is 0 Å². The molecule has 1 aliphatic rings. The van der Waals surface area contributed by atoms with Crippen molar-refractivity contribution in [3.05, 3.63) is 65.2 Å². The number of alkyl carbamates (subject to hydrolysis) is 1. The first-order valence-electron chi connectivity index (χ1n) is 9.05. The van der Waals surface area contributed by atoms with E-state index in [9.17, 15) is 4.79 Å². The standard InChI is InChI=1S/C22H24N2O3/c1-22(2,3)27-21(25)24-20-12-19(20)17-8-10-18(11-9-17)26-14-16-6-4-15(13-23)5-7-16/h4-11,19-20H,12,14H2,1-3H3,(H,24,25)/t19-,20+/m0/s1. The maximum Gasteiger partial charge on any atom is 0.407 e. The molecule has 0 heterocycles. The highest BCUT2D eigenvalue weighted by atomic mass is 16.6. The number of hydrogen-bond donors (Lipinski definition) is 1. The lowest BCUT2D eigenvalue weighted by atomic mass is 10.1. The monoisotopic (exact) mass is 364 g/mol. The summed E-state index contributed by atoms with van der Waals surface area (Å²) < 4.78 is 11.1. The van der Waals surface area contributed by atoms with Gasteiger partial charge in [-0.2, -0.15) is 5.26 Å². The topological polar surface area (TPSA) is 71.3 Å². The predicted molar refractivity (Wildman–Crippen MR) is 102 cm³/mol. The number of hydrogen-bond acceptors (Lipinski definition) is 4. The largest absolute Gasteiger partial charge is 0.489 e. The molecular weight excluding hydrogens is 340 g/mol. The number of nitrogens with zero attached hydrogens (tertiary/aromatic N) is 1. The molecule has 0 aliphatic heterocycles. The Kier molecular flexibility index (Phi) is 5.36. The molecular formula is C22H24N2O3. The van der Waals surface area contributed by atoms with Crippen molar-refractivity contribution in [3.8, 4) is 11.8 Å². The summed E-state index contributed by atoms with van der Waals surface area (Å²) in [6, 6.07) is 17.6. The Morgan fingerprint density at radius 2 is 1.81 bits per heavy atom. The van der Waals surface area contributed by atoms with E-state index in [1.54, 1.807) is 12.1 Å². The van der Waals surface area contributed by atoms with Crippen molar-refractivity contribution in [1.82, 2.24) is 5.32 Å². The summed E-state index contributed by atoms with van der Waals surface area (Å²) >= 11 is 0. The summed E-state index contributed by atoms with van der Waals surface area (Å²) in [5.74, 6) is 1.12. The molecule has 0 radical (unpaired) electrons. The molecule has 1 N–H and O–H groups in total. The van der Waals surface area contributed by atoms with Crippen molar-refractivity contribution in [1.29, 1.82) is 5.26 Å². The van der Waals surface area contributed by atoms with Gasteiger partial charge in [0.15, 0.2) is 0 Å². The molecule has 1 fully saturated rings. The number of nitrogens with one attached hydrogen (secondary N) is 1. The summed E-state index contributed by atoms with van der Waals surface area (Å²) in [5, 5.41) is 11.7. The maximum absolute atomic E-state index is 11.8. The molecule has 2 aromatic rings. The fourth-order valence-corrected chi connectivity index (χ4v) is 2.84. The molecule has 0 aromatic heterocycles. The van der Waals surface area contributed by atoms with Crippen LogP contribution in [0.2, 0.25) is 0 Å². The van der Waals surface area contributed by atoms with Crippen molar-refractivity contribution in [2.45, 2.75) is 51.4 Å². The van der Waals surface area contributed by atoms with Crippen LogP contribution < -0.4 is 10.1 Å². The first-order valence-corrected chi connectivity index (χ1v) is 9.05. The van der Waals surface area contributed by atoms with E-state index in [2.05, 4.69) is 11.4 Å². The molecule has 140 valence electrons. The van der Waals surface area contributed by atoms with Crippen molar-refractivity contribution in [3.63, 3.8) is 0 Å². The van der Waals surface area contributed by atoms with E-state index in [0.717, 1.165) is 17.7 Å². The summed E-state index contributed by atoms with van der Waals surface area (Å²) in [6.07, 6.45) is 0.558. The second-order valence-electron chi connectivity index (χ2n) is 7.76. The van der Waals surface area contributed by atoms with E-state index in [-0.39, 0.29) is 12.1 Å². The van der Waals surface area contributed by atoms with Gasteiger partial charge in [0, 0.05) is 12.0 Å². The normalized spacial score (nSPS) is 18.3. The van der Waals surface area contributed by atoms with Crippen molar-refractivity contribution >= 4 is 6.09 Å². The van der Waals surface area contributed by atoms with E-state index < -0.39 is 5.60 Å². The van der Waals surface area contributed by atoms with E-state index in [1.807, 2.05) is 57.2 Å². The molecule has 27 heavy (non-hydrogen) atoms. The number of carbonyl (C=O) groups excluding carboxylic acids is 1. The summed E-state index contributed by atoms with van der Waals surface area (Å²) in [4.78, 5) is 11.8. The van der Waals surface area contributed by atoms with Crippen LogP contribution in [0.15, 0.2) is 48.5 Å². The van der Waals surface area contributed by atoms with Gasteiger partial charge in [-0.15, -0.1) is 0 Å². The van der Waals surface area contributed by atoms with Crippen LogP contribution in [0.5, 0.6) is 5.75 Å². The molecule has 5 heteroatoms. The Bertz CT molecular complexity index is 830. The van der Waals surface area contributed by atoms with Crippen LogP contribution in [0.25, 0.3) is 0 Å². The molecule has 1 saturated carbocycles. The number of benzene rings is 2. The smallest absolute Gasteiger partial charge is 0.407 e. The molecule has 1 amide bonds. The van der Waals surface area contributed by atoms with Gasteiger partial charge in [0.05, 0.1) is 11.6 Å². The van der Waals surface area contributed by atoms with Gasteiger partial charge < -0.3 is 14.8 Å². The highest BCUT2D eigenvalue weighted by molar-refractivity contribution is 5.69. The summed E-state index contributed by atoms with van der Waals surface area (Å²) in [5.41, 5.74) is 2.35. The Labute approximate surface area is 159 Å². The van der Waals surface area contributed by atoms with Gasteiger partial charge in [-0.3, -0.25) is 0 Å². The van der Waals surface area contributed by atoms with Crippen LogP contribution in [0.3, 0.4) is 0 Å². The molecule has 0 spiro atoms. The molecule has 0 saturated heterocycles. The number of rotatable bonds is 5. The van der Waals surface area contributed by atoms with Crippen LogP contribution >= 0.6 is 0 Å². The Hall–Kier alpha value is -3.00. The second kappa shape index (κ2) is 7.71. The lowest BCUT2D eigenvalue weighted by molar-refractivity contribution is 0.0523. The first kappa shape index (κ1) is 18.8. The Morgan fingerprint density at radius 1 is 1.15 bits per heavy atom. The zero-order valence-electron chi connectivity index (χ0n) is 15.9. The minimum atomic E-state index is -0.484.